The van der Waals surface area contributed by atoms with Gasteiger partial charge in [0.1, 0.15) is 11.5 Å². The number of imidazole rings is 1. The van der Waals surface area contributed by atoms with Crippen LogP contribution < -0.4 is 5.32 Å². The maximum absolute atomic E-state index is 4.29. The first-order chi connectivity index (χ1) is 7.93. The van der Waals surface area contributed by atoms with Gasteiger partial charge in [-0.3, -0.25) is 4.40 Å². The van der Waals surface area contributed by atoms with E-state index in [4.69, 9.17) is 0 Å². The average molecular weight is 233 g/mol. The average Bonchev–Trinajstić information content (AvgIpc) is 2.80. The van der Waals surface area contributed by atoms with Gasteiger partial charge in [0, 0.05) is 24.2 Å². The zero-order valence-electron chi connectivity index (χ0n) is 9.10. The summed E-state index contributed by atoms with van der Waals surface area (Å²) < 4.78 is 2.11. The Morgan fingerprint density at radius 3 is 3.31 bits per heavy atom. The SMILES string of the molecule is c1cc(NC2CCCSC2)n2ccnc2c1. The van der Waals surface area contributed by atoms with Crippen molar-refractivity contribution in [3.8, 4) is 0 Å². The number of pyridine rings is 1. The summed E-state index contributed by atoms with van der Waals surface area (Å²) in [6, 6.07) is 6.81. The van der Waals surface area contributed by atoms with Crippen molar-refractivity contribution < 1.29 is 0 Å². The summed E-state index contributed by atoms with van der Waals surface area (Å²) in [6.07, 6.45) is 6.45. The number of nitrogens with zero attached hydrogens (tertiary/aromatic N) is 2. The molecule has 4 heteroatoms. The van der Waals surface area contributed by atoms with Gasteiger partial charge in [0.15, 0.2) is 0 Å². The van der Waals surface area contributed by atoms with E-state index in [1.54, 1.807) is 0 Å². The zero-order chi connectivity index (χ0) is 10.8. The largest absolute Gasteiger partial charge is 0.368 e. The Morgan fingerprint density at radius 2 is 2.44 bits per heavy atom. The summed E-state index contributed by atoms with van der Waals surface area (Å²) in [5, 5.41) is 3.61. The van der Waals surface area contributed by atoms with Gasteiger partial charge in [-0.15, -0.1) is 0 Å². The van der Waals surface area contributed by atoms with Crippen LogP contribution in [0.4, 0.5) is 5.82 Å². The van der Waals surface area contributed by atoms with Crippen LogP contribution in [0.1, 0.15) is 12.8 Å². The molecule has 1 atom stereocenters. The molecular formula is C12H15N3S. The normalized spacial score (nSPS) is 21.1. The highest BCUT2D eigenvalue weighted by Crippen LogP contribution is 2.21. The molecule has 3 heterocycles. The van der Waals surface area contributed by atoms with Gasteiger partial charge in [-0.1, -0.05) is 6.07 Å². The summed E-state index contributed by atoms with van der Waals surface area (Å²) in [6.45, 7) is 0. The minimum Gasteiger partial charge on any atom is -0.368 e. The van der Waals surface area contributed by atoms with Crippen LogP contribution in [0.15, 0.2) is 30.6 Å². The van der Waals surface area contributed by atoms with Gasteiger partial charge in [-0.25, -0.2) is 4.98 Å². The van der Waals surface area contributed by atoms with Crippen molar-refractivity contribution in [1.82, 2.24) is 9.38 Å². The Kier molecular flexibility index (Phi) is 2.74. The van der Waals surface area contributed by atoms with Gasteiger partial charge in [-0.2, -0.15) is 11.8 Å². The topological polar surface area (TPSA) is 29.3 Å². The third kappa shape index (κ3) is 1.89. The Labute approximate surface area is 99.3 Å². The number of nitrogens with one attached hydrogen (secondary N) is 1. The minimum atomic E-state index is 0.603. The maximum atomic E-state index is 4.29. The lowest BCUT2D eigenvalue weighted by atomic mass is 10.2. The van der Waals surface area contributed by atoms with Crippen LogP contribution in [0, 0.1) is 0 Å². The molecule has 2 aromatic rings. The predicted molar refractivity (Wildman–Crippen MR) is 69.2 cm³/mol. The fourth-order valence-electron chi connectivity index (χ4n) is 2.13. The van der Waals surface area contributed by atoms with Crippen molar-refractivity contribution in [2.45, 2.75) is 18.9 Å². The molecule has 3 rings (SSSR count). The molecule has 3 nitrogen and oxygen atoms in total. The number of anilines is 1. The van der Waals surface area contributed by atoms with Crippen LogP contribution in [0.3, 0.4) is 0 Å². The first-order valence-electron chi connectivity index (χ1n) is 5.70. The second kappa shape index (κ2) is 4.37. The van der Waals surface area contributed by atoms with Crippen LogP contribution in [0.25, 0.3) is 5.65 Å². The van der Waals surface area contributed by atoms with Crippen molar-refractivity contribution in [1.29, 1.82) is 0 Å². The molecule has 0 amide bonds. The molecule has 0 spiro atoms. The number of thioether (sulfide) groups is 1. The molecule has 0 radical (unpaired) electrons. The molecule has 1 saturated heterocycles. The molecule has 1 N–H and O–H groups in total. The van der Waals surface area contributed by atoms with Crippen LogP contribution >= 0.6 is 11.8 Å². The summed E-state index contributed by atoms with van der Waals surface area (Å²) in [5.41, 5.74) is 1.01. The number of fused-ring (bicyclic) bond motifs is 1. The van der Waals surface area contributed by atoms with E-state index in [0.29, 0.717) is 6.04 Å². The second-order valence-electron chi connectivity index (χ2n) is 4.12. The van der Waals surface area contributed by atoms with Crippen LogP contribution in [-0.2, 0) is 0 Å². The summed E-state index contributed by atoms with van der Waals surface area (Å²) in [7, 11) is 0. The lowest BCUT2D eigenvalue weighted by Gasteiger charge is -2.23. The van der Waals surface area contributed by atoms with Crippen molar-refractivity contribution in [3.63, 3.8) is 0 Å². The highest BCUT2D eigenvalue weighted by molar-refractivity contribution is 7.99. The van der Waals surface area contributed by atoms with Gasteiger partial charge < -0.3 is 5.32 Å². The van der Waals surface area contributed by atoms with E-state index in [1.165, 1.54) is 24.3 Å². The fraction of sp³-hybridized carbons (Fsp3) is 0.417. The van der Waals surface area contributed by atoms with E-state index in [-0.39, 0.29) is 0 Å². The molecule has 1 fully saturated rings. The molecule has 2 aromatic heterocycles. The molecular weight excluding hydrogens is 218 g/mol. The zero-order valence-corrected chi connectivity index (χ0v) is 9.91. The third-order valence-corrected chi connectivity index (χ3v) is 4.16. The lowest BCUT2D eigenvalue weighted by molar-refractivity contribution is 0.681. The monoisotopic (exact) mass is 233 g/mol. The van der Waals surface area contributed by atoms with E-state index in [1.807, 2.05) is 30.2 Å². The first-order valence-corrected chi connectivity index (χ1v) is 6.85. The molecule has 84 valence electrons. The quantitative estimate of drug-likeness (QED) is 0.864. The van der Waals surface area contributed by atoms with Gasteiger partial charge in [0.25, 0.3) is 0 Å². The van der Waals surface area contributed by atoms with Crippen molar-refractivity contribution >= 4 is 23.2 Å². The maximum Gasteiger partial charge on any atom is 0.138 e. The number of hydrogen-bond donors (Lipinski definition) is 1. The molecule has 0 aliphatic carbocycles. The van der Waals surface area contributed by atoms with Crippen LogP contribution in [0.5, 0.6) is 0 Å². The number of rotatable bonds is 2. The van der Waals surface area contributed by atoms with Crippen molar-refractivity contribution in [2.75, 3.05) is 16.8 Å². The van der Waals surface area contributed by atoms with E-state index in [0.717, 1.165) is 11.5 Å². The van der Waals surface area contributed by atoms with E-state index in [9.17, 15) is 0 Å². The molecule has 0 bridgehead atoms. The molecule has 1 unspecified atom stereocenters. The fourth-order valence-corrected chi connectivity index (χ4v) is 3.20. The molecule has 0 saturated carbocycles. The van der Waals surface area contributed by atoms with Crippen molar-refractivity contribution in [2.24, 2.45) is 0 Å². The lowest BCUT2D eigenvalue weighted by Crippen LogP contribution is -2.26. The minimum absolute atomic E-state index is 0.603. The predicted octanol–water partition coefficient (Wildman–Crippen LogP) is 2.64. The van der Waals surface area contributed by atoms with E-state index in [2.05, 4.69) is 26.8 Å². The Morgan fingerprint density at radius 1 is 1.44 bits per heavy atom. The summed E-state index contributed by atoms with van der Waals surface area (Å²) in [5.74, 6) is 3.68. The van der Waals surface area contributed by atoms with Crippen molar-refractivity contribution in [3.05, 3.63) is 30.6 Å². The van der Waals surface area contributed by atoms with Gasteiger partial charge in [0.05, 0.1) is 0 Å². The van der Waals surface area contributed by atoms with Crippen LogP contribution in [0.2, 0.25) is 0 Å². The highest BCUT2D eigenvalue weighted by atomic mass is 32.2. The molecule has 1 aliphatic rings. The van der Waals surface area contributed by atoms with Crippen LogP contribution in [-0.4, -0.2) is 26.9 Å². The molecule has 0 aromatic carbocycles. The van der Waals surface area contributed by atoms with E-state index >= 15 is 0 Å². The summed E-state index contributed by atoms with van der Waals surface area (Å²) in [4.78, 5) is 4.29. The second-order valence-corrected chi connectivity index (χ2v) is 5.27. The Hall–Kier alpha value is -1.16. The standard InChI is InChI=1S/C12H15N3S/c1-4-11-13-6-7-15(11)12(5-1)14-10-3-2-8-16-9-10/h1,4-7,10,14H,2-3,8-9H2. The molecule has 1 aliphatic heterocycles. The first kappa shape index (κ1) is 10.0. The smallest absolute Gasteiger partial charge is 0.138 e. The molecule has 16 heavy (non-hydrogen) atoms. The van der Waals surface area contributed by atoms with Gasteiger partial charge >= 0.3 is 0 Å². The number of aromatic nitrogens is 2. The van der Waals surface area contributed by atoms with Gasteiger partial charge in [0.2, 0.25) is 0 Å². The summed E-state index contributed by atoms with van der Waals surface area (Å²) >= 11 is 2.04. The number of hydrogen-bond acceptors (Lipinski definition) is 3. The van der Waals surface area contributed by atoms with E-state index < -0.39 is 0 Å². The van der Waals surface area contributed by atoms with Gasteiger partial charge in [-0.05, 0) is 30.7 Å². The highest BCUT2D eigenvalue weighted by Gasteiger charge is 2.14. The Bertz CT molecular complexity index is 474. The third-order valence-electron chi connectivity index (χ3n) is 2.94. The Balaban J connectivity index is 1.85.